The van der Waals surface area contributed by atoms with E-state index in [9.17, 15) is 0 Å². The molecule has 1 aliphatic carbocycles. The summed E-state index contributed by atoms with van der Waals surface area (Å²) in [7, 11) is 0. The van der Waals surface area contributed by atoms with Crippen molar-refractivity contribution >= 4 is 50.0 Å². The number of thiazole rings is 1. The van der Waals surface area contributed by atoms with Gasteiger partial charge in [-0.25, -0.2) is 4.98 Å². The molecule has 0 radical (unpaired) electrons. The molecule has 96 valence electrons. The van der Waals surface area contributed by atoms with Crippen LogP contribution in [0.4, 0.5) is 5.13 Å². The molecule has 3 rings (SSSR count). The average molecular weight is 299 g/mol. The molecule has 0 spiro atoms. The van der Waals surface area contributed by atoms with Crippen molar-refractivity contribution in [1.82, 2.24) is 4.98 Å². The first-order valence-corrected chi connectivity index (χ1v) is 8.58. The first-order valence-electron chi connectivity index (χ1n) is 6.10. The third-order valence-electron chi connectivity index (χ3n) is 3.40. The van der Waals surface area contributed by atoms with Crippen LogP contribution < -0.4 is 5.32 Å². The molecule has 1 aliphatic rings. The van der Waals surface area contributed by atoms with Crippen molar-refractivity contribution in [2.45, 2.75) is 30.6 Å². The Bertz CT molecular complexity index is 555. The van der Waals surface area contributed by atoms with Crippen LogP contribution in [0.25, 0.3) is 10.2 Å². The zero-order valence-electron chi connectivity index (χ0n) is 10.1. The minimum atomic E-state index is 0.582. The van der Waals surface area contributed by atoms with E-state index >= 15 is 0 Å². The van der Waals surface area contributed by atoms with Gasteiger partial charge in [-0.05, 0) is 43.7 Å². The lowest BCUT2D eigenvalue weighted by Crippen LogP contribution is -2.15. The van der Waals surface area contributed by atoms with Crippen LogP contribution in [0.2, 0.25) is 5.02 Å². The highest BCUT2D eigenvalue weighted by Crippen LogP contribution is 2.33. The van der Waals surface area contributed by atoms with Gasteiger partial charge >= 0.3 is 0 Å². The molecule has 0 aliphatic heterocycles. The summed E-state index contributed by atoms with van der Waals surface area (Å²) in [5.41, 5.74) is 1.03. The van der Waals surface area contributed by atoms with Gasteiger partial charge in [0.15, 0.2) is 5.13 Å². The first kappa shape index (κ1) is 12.6. The third-order valence-corrected chi connectivity index (χ3v) is 5.68. The van der Waals surface area contributed by atoms with Crippen molar-refractivity contribution < 1.29 is 0 Å². The number of hydrogen-bond donors (Lipinski definition) is 1. The maximum atomic E-state index is 5.99. The number of rotatable bonds is 3. The number of anilines is 1. The number of halogens is 1. The molecule has 2 aromatic rings. The Morgan fingerprint density at radius 2 is 2.33 bits per heavy atom. The summed E-state index contributed by atoms with van der Waals surface area (Å²) in [6.45, 7) is 0. The summed E-state index contributed by atoms with van der Waals surface area (Å²) in [5, 5.41) is 6.18. The molecule has 0 saturated heterocycles. The Morgan fingerprint density at radius 3 is 3.11 bits per heavy atom. The maximum absolute atomic E-state index is 5.99. The number of nitrogens with zero attached hydrogens (tertiary/aromatic N) is 1. The smallest absolute Gasteiger partial charge is 0.184 e. The van der Waals surface area contributed by atoms with Gasteiger partial charge in [-0.3, -0.25) is 0 Å². The molecule has 1 aromatic carbocycles. The van der Waals surface area contributed by atoms with Crippen LogP contribution in [0.5, 0.6) is 0 Å². The Balaban J connectivity index is 1.75. The van der Waals surface area contributed by atoms with Crippen LogP contribution in [0.3, 0.4) is 0 Å². The molecule has 2 atom stereocenters. The van der Waals surface area contributed by atoms with Gasteiger partial charge in [-0.2, -0.15) is 11.8 Å². The molecule has 18 heavy (non-hydrogen) atoms. The predicted molar refractivity (Wildman–Crippen MR) is 83.2 cm³/mol. The van der Waals surface area contributed by atoms with Crippen molar-refractivity contribution in [1.29, 1.82) is 0 Å². The Labute approximate surface area is 120 Å². The van der Waals surface area contributed by atoms with Crippen molar-refractivity contribution in [2.24, 2.45) is 0 Å². The third kappa shape index (κ3) is 2.60. The molecule has 1 saturated carbocycles. The lowest BCUT2D eigenvalue weighted by Gasteiger charge is -2.10. The minimum Gasteiger partial charge on any atom is -0.359 e. The zero-order valence-corrected chi connectivity index (χ0v) is 12.5. The van der Waals surface area contributed by atoms with Gasteiger partial charge in [0.25, 0.3) is 0 Å². The second-order valence-corrected chi connectivity index (χ2v) is 7.25. The van der Waals surface area contributed by atoms with Gasteiger partial charge in [-0.1, -0.05) is 22.9 Å². The quantitative estimate of drug-likeness (QED) is 0.893. The van der Waals surface area contributed by atoms with E-state index in [4.69, 9.17) is 11.6 Å². The van der Waals surface area contributed by atoms with Gasteiger partial charge < -0.3 is 5.32 Å². The summed E-state index contributed by atoms with van der Waals surface area (Å²) >= 11 is 9.66. The van der Waals surface area contributed by atoms with E-state index < -0.39 is 0 Å². The monoisotopic (exact) mass is 298 g/mol. The molecular weight excluding hydrogens is 284 g/mol. The molecule has 2 unspecified atom stereocenters. The molecule has 5 heteroatoms. The second-order valence-electron chi connectivity index (χ2n) is 4.64. The van der Waals surface area contributed by atoms with Crippen molar-refractivity contribution in [3.63, 3.8) is 0 Å². The lowest BCUT2D eigenvalue weighted by molar-refractivity contribution is 0.756. The highest BCUT2D eigenvalue weighted by molar-refractivity contribution is 7.99. The summed E-state index contributed by atoms with van der Waals surface area (Å²) in [6.07, 6.45) is 6.02. The van der Waals surface area contributed by atoms with E-state index in [2.05, 4.69) is 16.6 Å². The lowest BCUT2D eigenvalue weighted by atomic mass is 10.3. The van der Waals surface area contributed by atoms with Crippen LogP contribution in [-0.4, -0.2) is 22.5 Å². The minimum absolute atomic E-state index is 0.582. The van der Waals surface area contributed by atoms with Crippen LogP contribution >= 0.6 is 34.7 Å². The van der Waals surface area contributed by atoms with Gasteiger partial charge in [0.1, 0.15) is 0 Å². The summed E-state index contributed by atoms with van der Waals surface area (Å²) in [4.78, 5) is 4.61. The van der Waals surface area contributed by atoms with Gasteiger partial charge in [0, 0.05) is 16.3 Å². The SMILES string of the molecule is CSC1CCC(Nc2nc3ccc(Cl)cc3s2)C1. The summed E-state index contributed by atoms with van der Waals surface area (Å²) in [5.74, 6) is 0. The molecular formula is C13H15ClN2S2. The Hall–Kier alpha value is -0.450. The van der Waals surface area contributed by atoms with E-state index in [-0.39, 0.29) is 0 Å². The molecule has 1 N–H and O–H groups in total. The standard InChI is InChI=1S/C13H15ClN2S2/c1-17-10-4-3-9(7-10)15-13-16-11-5-2-8(14)6-12(11)18-13/h2,5-6,9-10H,3-4,7H2,1H3,(H,15,16). The summed E-state index contributed by atoms with van der Waals surface area (Å²) in [6, 6.07) is 6.45. The van der Waals surface area contributed by atoms with Gasteiger partial charge in [-0.15, -0.1) is 0 Å². The Kier molecular flexibility index (Phi) is 3.68. The number of aromatic nitrogens is 1. The van der Waals surface area contributed by atoms with E-state index in [0.29, 0.717) is 6.04 Å². The van der Waals surface area contributed by atoms with E-state index in [1.165, 1.54) is 19.3 Å². The van der Waals surface area contributed by atoms with E-state index in [1.807, 2.05) is 30.0 Å². The normalized spacial score (nSPS) is 23.7. The van der Waals surface area contributed by atoms with Crippen molar-refractivity contribution in [3.8, 4) is 0 Å². The molecule has 1 heterocycles. The number of benzene rings is 1. The fourth-order valence-electron chi connectivity index (χ4n) is 2.42. The van der Waals surface area contributed by atoms with E-state index in [1.54, 1.807) is 11.3 Å². The molecule has 0 bridgehead atoms. The fraction of sp³-hybridized carbons (Fsp3) is 0.462. The number of nitrogens with one attached hydrogen (secondary N) is 1. The Morgan fingerprint density at radius 1 is 1.44 bits per heavy atom. The highest BCUT2D eigenvalue weighted by Gasteiger charge is 2.24. The molecule has 1 fully saturated rings. The summed E-state index contributed by atoms with van der Waals surface area (Å²) < 4.78 is 1.16. The van der Waals surface area contributed by atoms with Crippen molar-refractivity contribution in [2.75, 3.05) is 11.6 Å². The van der Waals surface area contributed by atoms with Crippen LogP contribution in [0.15, 0.2) is 18.2 Å². The van der Waals surface area contributed by atoms with Gasteiger partial charge in [0.2, 0.25) is 0 Å². The number of fused-ring (bicyclic) bond motifs is 1. The van der Waals surface area contributed by atoms with Crippen LogP contribution in [0.1, 0.15) is 19.3 Å². The number of hydrogen-bond acceptors (Lipinski definition) is 4. The maximum Gasteiger partial charge on any atom is 0.184 e. The van der Waals surface area contributed by atoms with Crippen molar-refractivity contribution in [3.05, 3.63) is 23.2 Å². The predicted octanol–water partition coefficient (Wildman–Crippen LogP) is 4.65. The topological polar surface area (TPSA) is 24.9 Å². The first-order chi connectivity index (χ1) is 8.74. The molecule has 2 nitrogen and oxygen atoms in total. The largest absolute Gasteiger partial charge is 0.359 e. The molecule has 1 aromatic heterocycles. The highest BCUT2D eigenvalue weighted by atomic mass is 35.5. The van der Waals surface area contributed by atoms with E-state index in [0.717, 1.165) is 25.6 Å². The van der Waals surface area contributed by atoms with Gasteiger partial charge in [0.05, 0.1) is 10.2 Å². The fourth-order valence-corrected chi connectivity index (χ4v) is 4.44. The average Bonchev–Trinajstić information content (AvgIpc) is 2.95. The van der Waals surface area contributed by atoms with Crippen LogP contribution in [-0.2, 0) is 0 Å². The number of thioether (sulfide) groups is 1. The molecule has 0 amide bonds. The second kappa shape index (κ2) is 5.27. The zero-order chi connectivity index (χ0) is 12.5. The van der Waals surface area contributed by atoms with Crippen LogP contribution in [0, 0.1) is 0 Å².